The van der Waals surface area contributed by atoms with E-state index in [1.165, 1.54) is 30.4 Å². The standard InChI is InChI=1S/C15H19N/c1-2-14-10-6-7-11-15(14)16-12-13-8-4-3-5-9-13/h2-5,8-10,15-16H,1,6-7,11-12H2/t15-/m1/s1. The van der Waals surface area contributed by atoms with Crippen molar-refractivity contribution in [1.82, 2.24) is 5.32 Å². The van der Waals surface area contributed by atoms with Gasteiger partial charge in [0.2, 0.25) is 0 Å². The van der Waals surface area contributed by atoms with Gasteiger partial charge in [-0.25, -0.2) is 0 Å². The summed E-state index contributed by atoms with van der Waals surface area (Å²) in [6.07, 6.45) is 8.00. The Morgan fingerprint density at radius 1 is 1.31 bits per heavy atom. The fourth-order valence-corrected chi connectivity index (χ4v) is 2.18. The van der Waals surface area contributed by atoms with E-state index < -0.39 is 0 Å². The van der Waals surface area contributed by atoms with E-state index in [1.807, 2.05) is 6.08 Å². The Labute approximate surface area is 97.9 Å². The molecule has 0 heterocycles. The lowest BCUT2D eigenvalue weighted by Crippen LogP contribution is -2.31. The fourth-order valence-electron chi connectivity index (χ4n) is 2.18. The van der Waals surface area contributed by atoms with E-state index in [2.05, 4.69) is 48.3 Å². The molecule has 0 aliphatic heterocycles. The van der Waals surface area contributed by atoms with Crippen molar-refractivity contribution in [2.75, 3.05) is 0 Å². The zero-order chi connectivity index (χ0) is 11.2. The van der Waals surface area contributed by atoms with E-state index in [-0.39, 0.29) is 0 Å². The van der Waals surface area contributed by atoms with Gasteiger partial charge in [-0.3, -0.25) is 0 Å². The van der Waals surface area contributed by atoms with Gasteiger partial charge in [0.1, 0.15) is 0 Å². The van der Waals surface area contributed by atoms with Crippen LogP contribution in [0.3, 0.4) is 0 Å². The number of hydrogen-bond donors (Lipinski definition) is 1. The van der Waals surface area contributed by atoms with Crippen LogP contribution in [0.2, 0.25) is 0 Å². The van der Waals surface area contributed by atoms with Crippen molar-refractivity contribution in [3.05, 3.63) is 60.2 Å². The molecule has 1 N–H and O–H groups in total. The number of benzene rings is 1. The predicted molar refractivity (Wildman–Crippen MR) is 69.2 cm³/mol. The summed E-state index contributed by atoms with van der Waals surface area (Å²) in [5.41, 5.74) is 2.71. The molecule has 0 spiro atoms. The second-order valence-corrected chi connectivity index (χ2v) is 4.26. The molecule has 1 aliphatic carbocycles. The lowest BCUT2D eigenvalue weighted by Gasteiger charge is -2.23. The van der Waals surface area contributed by atoms with Gasteiger partial charge in [-0.05, 0) is 30.4 Å². The van der Waals surface area contributed by atoms with E-state index in [0.29, 0.717) is 6.04 Å². The van der Waals surface area contributed by atoms with Gasteiger partial charge in [-0.2, -0.15) is 0 Å². The molecule has 0 unspecified atom stereocenters. The summed E-state index contributed by atoms with van der Waals surface area (Å²) < 4.78 is 0. The van der Waals surface area contributed by atoms with Gasteiger partial charge in [0.25, 0.3) is 0 Å². The van der Waals surface area contributed by atoms with Gasteiger partial charge in [0.05, 0.1) is 0 Å². The predicted octanol–water partition coefficient (Wildman–Crippen LogP) is 3.44. The monoisotopic (exact) mass is 213 g/mol. The molecular weight excluding hydrogens is 194 g/mol. The first-order valence-corrected chi connectivity index (χ1v) is 6.00. The van der Waals surface area contributed by atoms with Crippen LogP contribution in [0.25, 0.3) is 0 Å². The number of allylic oxidation sites excluding steroid dienone is 1. The normalized spacial score (nSPS) is 20.2. The van der Waals surface area contributed by atoms with Crippen LogP contribution in [0.4, 0.5) is 0 Å². The molecule has 0 saturated heterocycles. The molecule has 1 aromatic rings. The molecule has 0 saturated carbocycles. The summed E-state index contributed by atoms with van der Waals surface area (Å²) in [7, 11) is 0. The van der Waals surface area contributed by atoms with Gasteiger partial charge < -0.3 is 5.32 Å². The smallest absolute Gasteiger partial charge is 0.0319 e. The van der Waals surface area contributed by atoms with Crippen LogP contribution in [0.1, 0.15) is 24.8 Å². The van der Waals surface area contributed by atoms with E-state index in [1.54, 1.807) is 0 Å². The third kappa shape index (κ3) is 2.83. The molecule has 0 bridgehead atoms. The van der Waals surface area contributed by atoms with E-state index in [4.69, 9.17) is 0 Å². The van der Waals surface area contributed by atoms with Crippen molar-refractivity contribution < 1.29 is 0 Å². The second kappa shape index (κ2) is 5.66. The van der Waals surface area contributed by atoms with Crippen molar-refractivity contribution in [1.29, 1.82) is 0 Å². The minimum absolute atomic E-state index is 0.492. The second-order valence-electron chi connectivity index (χ2n) is 4.26. The summed E-state index contributed by atoms with van der Waals surface area (Å²) in [6, 6.07) is 11.0. The van der Waals surface area contributed by atoms with Gasteiger partial charge in [0, 0.05) is 12.6 Å². The zero-order valence-corrected chi connectivity index (χ0v) is 9.65. The molecule has 0 amide bonds. The first kappa shape index (κ1) is 11.2. The maximum Gasteiger partial charge on any atom is 0.0319 e. The largest absolute Gasteiger partial charge is 0.306 e. The summed E-state index contributed by atoms with van der Waals surface area (Å²) >= 11 is 0. The Kier molecular flexibility index (Phi) is 3.95. The highest BCUT2D eigenvalue weighted by atomic mass is 14.9. The molecule has 0 radical (unpaired) electrons. The van der Waals surface area contributed by atoms with E-state index >= 15 is 0 Å². The summed E-state index contributed by atoms with van der Waals surface area (Å²) in [4.78, 5) is 0. The minimum atomic E-state index is 0.492. The molecule has 1 nitrogen and oxygen atoms in total. The minimum Gasteiger partial charge on any atom is -0.306 e. The van der Waals surface area contributed by atoms with E-state index in [9.17, 15) is 0 Å². The zero-order valence-electron chi connectivity index (χ0n) is 9.65. The lowest BCUT2D eigenvalue weighted by molar-refractivity contribution is 0.507. The number of nitrogens with one attached hydrogen (secondary N) is 1. The fraction of sp³-hybridized carbons (Fsp3) is 0.333. The molecule has 84 valence electrons. The van der Waals surface area contributed by atoms with Crippen LogP contribution in [-0.2, 0) is 6.54 Å². The molecule has 0 aromatic heterocycles. The Morgan fingerprint density at radius 3 is 2.88 bits per heavy atom. The average molecular weight is 213 g/mol. The quantitative estimate of drug-likeness (QED) is 0.808. The van der Waals surface area contributed by atoms with Crippen molar-refractivity contribution >= 4 is 0 Å². The first-order chi connectivity index (χ1) is 7.90. The molecule has 0 fully saturated rings. The van der Waals surface area contributed by atoms with E-state index in [0.717, 1.165) is 6.54 Å². The Hall–Kier alpha value is -1.34. The van der Waals surface area contributed by atoms with Crippen LogP contribution in [-0.4, -0.2) is 6.04 Å². The van der Waals surface area contributed by atoms with Crippen LogP contribution in [0.5, 0.6) is 0 Å². The first-order valence-electron chi connectivity index (χ1n) is 6.00. The summed E-state index contributed by atoms with van der Waals surface area (Å²) in [5, 5.41) is 3.60. The molecule has 2 rings (SSSR count). The highest BCUT2D eigenvalue weighted by Crippen LogP contribution is 2.19. The maximum atomic E-state index is 3.88. The van der Waals surface area contributed by atoms with Crippen molar-refractivity contribution in [2.24, 2.45) is 0 Å². The molecule has 16 heavy (non-hydrogen) atoms. The van der Waals surface area contributed by atoms with Crippen molar-refractivity contribution in [2.45, 2.75) is 31.8 Å². The molecule has 1 aliphatic rings. The number of rotatable bonds is 4. The Balaban J connectivity index is 1.92. The van der Waals surface area contributed by atoms with Crippen LogP contribution in [0.15, 0.2) is 54.6 Å². The lowest BCUT2D eigenvalue weighted by atomic mass is 9.94. The highest BCUT2D eigenvalue weighted by molar-refractivity contribution is 5.25. The molecular formula is C15H19N. The van der Waals surface area contributed by atoms with Gasteiger partial charge >= 0.3 is 0 Å². The Morgan fingerprint density at radius 2 is 2.12 bits per heavy atom. The van der Waals surface area contributed by atoms with Crippen LogP contribution in [0, 0.1) is 0 Å². The topological polar surface area (TPSA) is 12.0 Å². The molecule has 1 heteroatoms. The maximum absolute atomic E-state index is 3.88. The average Bonchev–Trinajstić information content (AvgIpc) is 2.38. The Bertz CT molecular complexity index is 364. The van der Waals surface area contributed by atoms with Gasteiger partial charge in [0.15, 0.2) is 0 Å². The number of hydrogen-bond acceptors (Lipinski definition) is 1. The highest BCUT2D eigenvalue weighted by Gasteiger charge is 2.14. The third-order valence-corrected chi connectivity index (χ3v) is 3.11. The molecule has 1 aromatic carbocycles. The van der Waals surface area contributed by atoms with Crippen molar-refractivity contribution in [3.63, 3.8) is 0 Å². The summed E-state index contributed by atoms with van der Waals surface area (Å²) in [6.45, 7) is 4.82. The van der Waals surface area contributed by atoms with Gasteiger partial charge in [-0.15, -0.1) is 0 Å². The van der Waals surface area contributed by atoms with Crippen LogP contribution >= 0.6 is 0 Å². The third-order valence-electron chi connectivity index (χ3n) is 3.11. The molecule has 1 atom stereocenters. The SMILES string of the molecule is C=CC1=CCCC[C@H]1NCc1ccccc1. The van der Waals surface area contributed by atoms with Gasteiger partial charge in [-0.1, -0.05) is 49.1 Å². The van der Waals surface area contributed by atoms with Crippen molar-refractivity contribution in [3.8, 4) is 0 Å². The summed E-state index contributed by atoms with van der Waals surface area (Å²) in [5.74, 6) is 0. The van der Waals surface area contributed by atoms with Crippen LogP contribution < -0.4 is 5.32 Å².